The second kappa shape index (κ2) is 9.40. The molecule has 0 spiro atoms. The molecule has 0 aromatic heterocycles. The van der Waals surface area contributed by atoms with Crippen LogP contribution in [0.15, 0.2) is 18.2 Å². The van der Waals surface area contributed by atoms with Crippen molar-refractivity contribution < 1.29 is 14.3 Å². The molecule has 0 fully saturated rings. The van der Waals surface area contributed by atoms with Crippen LogP contribution in [0, 0.1) is 5.92 Å². The molecule has 21 heavy (non-hydrogen) atoms. The first-order valence-corrected chi connectivity index (χ1v) is 7.60. The highest BCUT2D eigenvalue weighted by atomic mass is 16.5. The molecule has 1 unspecified atom stereocenters. The van der Waals surface area contributed by atoms with E-state index >= 15 is 0 Å². The van der Waals surface area contributed by atoms with Gasteiger partial charge in [0.15, 0.2) is 0 Å². The van der Waals surface area contributed by atoms with Gasteiger partial charge >= 0.3 is 5.97 Å². The molecule has 0 amide bonds. The monoisotopic (exact) mass is 293 g/mol. The Morgan fingerprint density at radius 1 is 1.29 bits per heavy atom. The Hall–Kier alpha value is -1.55. The lowest BCUT2D eigenvalue weighted by atomic mass is 9.95. The molecule has 0 saturated heterocycles. The van der Waals surface area contributed by atoms with Crippen molar-refractivity contribution in [2.75, 3.05) is 20.8 Å². The Balaban J connectivity index is 2.83. The van der Waals surface area contributed by atoms with Crippen LogP contribution in [-0.4, -0.2) is 26.7 Å². The molecule has 0 aliphatic rings. The summed E-state index contributed by atoms with van der Waals surface area (Å²) in [5.74, 6) is 0.660. The summed E-state index contributed by atoms with van der Waals surface area (Å²) in [5.41, 5.74) is 2.27. The molecule has 1 atom stereocenters. The zero-order chi connectivity index (χ0) is 15.7. The van der Waals surface area contributed by atoms with Gasteiger partial charge in [-0.15, -0.1) is 0 Å². The molecule has 0 bridgehead atoms. The highest BCUT2D eigenvalue weighted by molar-refractivity contribution is 5.72. The standard InChI is InChI=1S/C17H27NO3/c1-5-9-18-12-15-11-13(7-8-16(15)20-3)10-14(6-2)17(19)21-4/h7-8,11,14,18H,5-6,9-10,12H2,1-4H3. The normalized spacial score (nSPS) is 12.0. The van der Waals surface area contributed by atoms with Gasteiger partial charge in [-0.25, -0.2) is 0 Å². The number of ether oxygens (including phenoxy) is 2. The minimum absolute atomic E-state index is 0.0835. The summed E-state index contributed by atoms with van der Waals surface area (Å²) < 4.78 is 10.3. The highest BCUT2D eigenvalue weighted by Crippen LogP contribution is 2.22. The van der Waals surface area contributed by atoms with E-state index in [1.165, 1.54) is 7.11 Å². The third-order valence-electron chi connectivity index (χ3n) is 3.60. The van der Waals surface area contributed by atoms with Crippen LogP contribution in [0.5, 0.6) is 5.75 Å². The summed E-state index contributed by atoms with van der Waals surface area (Å²) >= 11 is 0. The third-order valence-corrected chi connectivity index (χ3v) is 3.60. The predicted molar refractivity (Wildman–Crippen MR) is 84.5 cm³/mol. The maximum absolute atomic E-state index is 11.7. The van der Waals surface area contributed by atoms with Crippen molar-refractivity contribution in [3.8, 4) is 5.75 Å². The van der Waals surface area contributed by atoms with E-state index < -0.39 is 0 Å². The second-order valence-corrected chi connectivity index (χ2v) is 5.16. The predicted octanol–water partition coefficient (Wildman–Crippen LogP) is 2.94. The number of hydrogen-bond donors (Lipinski definition) is 1. The van der Waals surface area contributed by atoms with Crippen LogP contribution in [0.2, 0.25) is 0 Å². The van der Waals surface area contributed by atoms with Crippen LogP contribution >= 0.6 is 0 Å². The Kier molecular flexibility index (Phi) is 7.83. The number of carbonyl (C=O) groups excluding carboxylic acids is 1. The van der Waals surface area contributed by atoms with Crippen LogP contribution in [0.3, 0.4) is 0 Å². The van der Waals surface area contributed by atoms with Crippen LogP contribution in [0.25, 0.3) is 0 Å². The number of benzene rings is 1. The molecule has 1 aromatic carbocycles. The molecule has 118 valence electrons. The molecule has 0 radical (unpaired) electrons. The molecule has 4 nitrogen and oxygen atoms in total. The molecule has 1 aromatic rings. The summed E-state index contributed by atoms with van der Waals surface area (Å²) in [4.78, 5) is 11.7. The Morgan fingerprint density at radius 2 is 2.05 bits per heavy atom. The minimum atomic E-state index is -0.140. The van der Waals surface area contributed by atoms with Gasteiger partial charge in [0.25, 0.3) is 0 Å². The van der Waals surface area contributed by atoms with E-state index in [1.54, 1.807) is 7.11 Å². The van der Waals surface area contributed by atoms with Gasteiger partial charge in [0, 0.05) is 12.1 Å². The number of carbonyl (C=O) groups is 1. The maximum atomic E-state index is 11.7. The van der Waals surface area contributed by atoms with Crippen molar-refractivity contribution in [3.63, 3.8) is 0 Å². The molecular weight excluding hydrogens is 266 g/mol. The largest absolute Gasteiger partial charge is 0.496 e. The summed E-state index contributed by atoms with van der Waals surface area (Å²) in [6.07, 6.45) is 2.58. The number of methoxy groups -OCH3 is 2. The number of nitrogens with one attached hydrogen (secondary N) is 1. The lowest BCUT2D eigenvalue weighted by Crippen LogP contribution is -2.18. The lowest BCUT2D eigenvalue weighted by Gasteiger charge is -2.15. The van der Waals surface area contributed by atoms with Crippen molar-refractivity contribution >= 4 is 5.97 Å². The van der Waals surface area contributed by atoms with Gasteiger partial charge in [-0.3, -0.25) is 4.79 Å². The van der Waals surface area contributed by atoms with Crippen LogP contribution < -0.4 is 10.1 Å². The zero-order valence-electron chi connectivity index (χ0n) is 13.6. The number of esters is 1. The molecule has 4 heteroatoms. The SMILES string of the molecule is CCCNCc1cc(CC(CC)C(=O)OC)ccc1OC. The maximum Gasteiger partial charge on any atom is 0.308 e. The average Bonchev–Trinajstić information content (AvgIpc) is 2.52. The van der Waals surface area contributed by atoms with E-state index in [0.717, 1.165) is 42.8 Å². The highest BCUT2D eigenvalue weighted by Gasteiger charge is 2.18. The molecular formula is C17H27NO3. The first-order valence-electron chi connectivity index (χ1n) is 7.60. The van der Waals surface area contributed by atoms with Gasteiger partial charge in [-0.2, -0.15) is 0 Å². The summed E-state index contributed by atoms with van der Waals surface area (Å²) in [5, 5.41) is 3.38. The van der Waals surface area contributed by atoms with E-state index in [4.69, 9.17) is 9.47 Å². The topological polar surface area (TPSA) is 47.6 Å². The first kappa shape index (κ1) is 17.5. The summed E-state index contributed by atoms with van der Waals surface area (Å²) in [6.45, 7) is 5.91. The van der Waals surface area contributed by atoms with Crippen molar-refractivity contribution in [1.82, 2.24) is 5.32 Å². The Morgan fingerprint density at radius 3 is 2.62 bits per heavy atom. The van der Waals surface area contributed by atoms with Crippen molar-refractivity contribution in [2.45, 2.75) is 39.7 Å². The van der Waals surface area contributed by atoms with E-state index in [2.05, 4.69) is 18.3 Å². The van der Waals surface area contributed by atoms with Gasteiger partial charge in [0.05, 0.1) is 20.1 Å². The van der Waals surface area contributed by atoms with E-state index in [-0.39, 0.29) is 11.9 Å². The van der Waals surface area contributed by atoms with Crippen molar-refractivity contribution in [3.05, 3.63) is 29.3 Å². The van der Waals surface area contributed by atoms with E-state index in [9.17, 15) is 4.79 Å². The fourth-order valence-electron chi connectivity index (χ4n) is 2.34. The Labute approximate surface area is 127 Å². The average molecular weight is 293 g/mol. The quantitative estimate of drug-likeness (QED) is 0.562. The molecule has 0 saturated carbocycles. The molecule has 0 heterocycles. The second-order valence-electron chi connectivity index (χ2n) is 5.16. The van der Waals surface area contributed by atoms with Crippen molar-refractivity contribution in [2.24, 2.45) is 5.92 Å². The molecule has 1 N–H and O–H groups in total. The minimum Gasteiger partial charge on any atom is -0.496 e. The number of hydrogen-bond acceptors (Lipinski definition) is 4. The zero-order valence-corrected chi connectivity index (χ0v) is 13.6. The van der Waals surface area contributed by atoms with Gasteiger partial charge < -0.3 is 14.8 Å². The summed E-state index contributed by atoms with van der Waals surface area (Å²) in [6, 6.07) is 6.11. The Bertz CT molecular complexity index is 446. The van der Waals surface area contributed by atoms with Crippen LogP contribution in [0.4, 0.5) is 0 Å². The van der Waals surface area contributed by atoms with Gasteiger partial charge in [0.2, 0.25) is 0 Å². The number of rotatable bonds is 9. The molecule has 1 rings (SSSR count). The van der Waals surface area contributed by atoms with Gasteiger partial charge in [-0.1, -0.05) is 26.0 Å². The van der Waals surface area contributed by atoms with Gasteiger partial charge in [-0.05, 0) is 37.4 Å². The van der Waals surface area contributed by atoms with Crippen molar-refractivity contribution in [1.29, 1.82) is 0 Å². The molecule has 0 aliphatic heterocycles. The first-order chi connectivity index (χ1) is 10.2. The van der Waals surface area contributed by atoms with Crippen LogP contribution in [-0.2, 0) is 22.5 Å². The third kappa shape index (κ3) is 5.38. The lowest BCUT2D eigenvalue weighted by molar-refractivity contribution is -0.145. The van der Waals surface area contributed by atoms with E-state index in [0.29, 0.717) is 6.42 Å². The van der Waals surface area contributed by atoms with Gasteiger partial charge in [0.1, 0.15) is 5.75 Å². The van der Waals surface area contributed by atoms with E-state index in [1.807, 2.05) is 19.1 Å². The summed E-state index contributed by atoms with van der Waals surface area (Å²) in [7, 11) is 3.13. The van der Waals surface area contributed by atoms with Crippen LogP contribution in [0.1, 0.15) is 37.8 Å². The molecule has 0 aliphatic carbocycles. The fourth-order valence-corrected chi connectivity index (χ4v) is 2.34. The smallest absolute Gasteiger partial charge is 0.308 e. The fraction of sp³-hybridized carbons (Fsp3) is 0.588.